The van der Waals surface area contributed by atoms with Crippen molar-refractivity contribution in [3.8, 4) is 0 Å². The quantitative estimate of drug-likeness (QED) is 0.0242. The Hall–Kier alpha value is -7.34. The van der Waals surface area contributed by atoms with Gasteiger partial charge in [-0.2, -0.15) is 12.6 Å². The summed E-state index contributed by atoms with van der Waals surface area (Å²) in [4.78, 5) is 4.70. The first-order valence-electron chi connectivity index (χ1n) is 29.2. The topological polar surface area (TPSA) is 57.7 Å². The highest BCUT2D eigenvalue weighted by atomic mass is 32.2. The molecule has 10 aromatic rings. The molecular weight excluding hydrogens is 1070 g/mol. The lowest BCUT2D eigenvalue weighted by Gasteiger charge is -2.35. The molecule has 0 spiro atoms. The van der Waals surface area contributed by atoms with Crippen LogP contribution in [0.5, 0.6) is 0 Å². The van der Waals surface area contributed by atoms with Gasteiger partial charge in [-0.25, -0.2) is 0 Å². The van der Waals surface area contributed by atoms with E-state index < -0.39 is 4.75 Å². The summed E-state index contributed by atoms with van der Waals surface area (Å²) in [6.45, 7) is 9.83. The van der Waals surface area contributed by atoms with E-state index in [1.54, 1.807) is 0 Å². The normalized spacial score (nSPS) is 11.8. The minimum absolute atomic E-state index is 0.194. The van der Waals surface area contributed by atoms with Gasteiger partial charge in [0.1, 0.15) is 0 Å². The molecule has 0 radical (unpaired) electrons. The van der Waals surface area contributed by atoms with Gasteiger partial charge in [0.15, 0.2) is 0 Å². The first kappa shape index (κ1) is 62.7. The Morgan fingerprint density at radius 3 is 0.869 bits per heavy atom. The molecule has 0 aliphatic carbocycles. The summed E-state index contributed by atoms with van der Waals surface area (Å²) >= 11 is 7.02. The van der Waals surface area contributed by atoms with E-state index in [0.717, 1.165) is 51.7 Å². The predicted octanol–water partition coefficient (Wildman–Crippen LogP) is 16.1. The zero-order valence-corrected chi connectivity index (χ0v) is 49.9. The molecule has 1 saturated heterocycles. The molecule has 0 unspecified atom stereocenters. The smallest absolute Gasteiger partial charge is 0.0907 e. The summed E-state index contributed by atoms with van der Waals surface area (Å²) in [5.74, 6) is 0.862. The number of aliphatic hydroxyl groups excluding tert-OH is 1. The monoisotopic (exact) mass is 1150 g/mol. The van der Waals surface area contributed by atoms with Crippen LogP contribution in [0.1, 0.15) is 55.6 Å². The fourth-order valence-electron chi connectivity index (χ4n) is 10.0. The molecule has 1 aliphatic rings. The maximum absolute atomic E-state index is 9.15. The van der Waals surface area contributed by atoms with Crippen LogP contribution in [-0.4, -0.2) is 80.0 Å². The zero-order valence-electron chi connectivity index (χ0n) is 48.2. The molecule has 430 valence electrons. The van der Waals surface area contributed by atoms with Crippen LogP contribution in [0.15, 0.2) is 303 Å². The van der Waals surface area contributed by atoms with Crippen LogP contribution < -0.4 is 0 Å². The molecule has 8 heteroatoms. The largest absolute Gasteiger partial charge is 0.395 e. The van der Waals surface area contributed by atoms with Gasteiger partial charge in [0, 0.05) is 45.0 Å². The van der Waals surface area contributed by atoms with Crippen molar-refractivity contribution in [3.05, 3.63) is 359 Å². The van der Waals surface area contributed by atoms with Gasteiger partial charge in [-0.1, -0.05) is 303 Å². The van der Waals surface area contributed by atoms with Crippen molar-refractivity contribution in [2.45, 2.75) is 35.7 Å². The molecule has 1 N–H and O–H groups in total. The van der Waals surface area contributed by atoms with Gasteiger partial charge in [-0.05, 0) is 55.6 Å². The Morgan fingerprint density at radius 2 is 0.595 bits per heavy atom. The maximum atomic E-state index is 9.15. The number of aliphatic hydroxyl groups is 1. The van der Waals surface area contributed by atoms with Crippen LogP contribution >= 0.6 is 24.4 Å². The van der Waals surface area contributed by atoms with Gasteiger partial charge >= 0.3 is 0 Å². The third kappa shape index (κ3) is 20.2. The van der Waals surface area contributed by atoms with Crippen LogP contribution in [0, 0.1) is 0 Å². The molecule has 6 nitrogen and oxygen atoms in total. The first-order chi connectivity index (χ1) is 41.5. The van der Waals surface area contributed by atoms with Crippen molar-refractivity contribution in [1.29, 1.82) is 0 Å². The second-order valence-corrected chi connectivity index (χ2v) is 22.3. The second kappa shape index (κ2) is 35.7. The first-order valence-corrected chi connectivity index (χ1v) is 30.6. The number of hydrogen-bond donors (Lipinski definition) is 2. The summed E-state index contributed by atoms with van der Waals surface area (Å²) in [5.41, 5.74) is 12.6. The summed E-state index contributed by atoms with van der Waals surface area (Å²) < 4.78 is 15.9. The van der Waals surface area contributed by atoms with E-state index in [0.29, 0.717) is 33.0 Å². The molecule has 0 atom stereocenters. The number of benzene rings is 10. The summed E-state index contributed by atoms with van der Waals surface area (Å²) in [5, 5.41) is 9.15. The molecule has 1 heterocycles. The van der Waals surface area contributed by atoms with Crippen LogP contribution in [-0.2, 0) is 49.9 Å². The molecular formula is C76H80N2O4S2. The van der Waals surface area contributed by atoms with Crippen LogP contribution in [0.3, 0.4) is 0 Å². The number of nitrogens with zero attached hydrogens (tertiary/aromatic N) is 2. The van der Waals surface area contributed by atoms with Crippen molar-refractivity contribution in [1.82, 2.24) is 9.80 Å². The minimum Gasteiger partial charge on any atom is -0.395 e. The highest BCUT2D eigenvalue weighted by Gasteiger charge is 2.37. The standard InChI is InChI=1S/C39H41NO2S.C19H16S.C16H19NO.C2H4O/c1-6-16-34(17-7-1)32-40(33-35-18-8-2-9-19-35)26-27-41-28-29-42-30-31-43-39(36-20-10-3-11-21-36,37-22-12-4-13-23-37)38-24-14-5-15-25-38;20-19(16-10-4-1-5-11-16,17-12-6-2-7-13-17)18-14-8-3-9-15-18;18-12-11-17(13-15-7-3-1-4-8-15)14-16-9-5-2-6-10-16;1-2-3-1/h1-25H,26-33H2;1-15,20H;1-10,18H,11-14H2;1-2H2. The fourth-order valence-corrected chi connectivity index (χ4v) is 11.9. The molecule has 0 saturated carbocycles. The Balaban J connectivity index is 0.000000184. The number of thioether (sulfide) groups is 1. The molecule has 0 bridgehead atoms. The van der Waals surface area contributed by atoms with Crippen molar-refractivity contribution in [3.63, 3.8) is 0 Å². The Bertz CT molecular complexity index is 2970. The predicted molar refractivity (Wildman–Crippen MR) is 353 cm³/mol. The number of epoxide rings is 1. The van der Waals surface area contributed by atoms with E-state index in [1.807, 2.05) is 42.1 Å². The number of hydrogen-bond acceptors (Lipinski definition) is 8. The van der Waals surface area contributed by atoms with Crippen LogP contribution in [0.25, 0.3) is 0 Å². The van der Waals surface area contributed by atoms with Crippen LogP contribution in [0.4, 0.5) is 0 Å². The van der Waals surface area contributed by atoms with Crippen molar-refractivity contribution in [2.24, 2.45) is 0 Å². The Labute approximate surface area is 510 Å². The van der Waals surface area contributed by atoms with E-state index in [-0.39, 0.29) is 11.4 Å². The lowest BCUT2D eigenvalue weighted by molar-refractivity contribution is 0.0417. The fraction of sp³-hybridized carbons (Fsp3) is 0.211. The van der Waals surface area contributed by atoms with Crippen molar-refractivity contribution < 1.29 is 19.3 Å². The number of ether oxygens (including phenoxy) is 3. The summed E-state index contributed by atoms with van der Waals surface area (Å²) in [7, 11) is 0. The Morgan fingerprint density at radius 1 is 0.345 bits per heavy atom. The molecule has 1 aliphatic heterocycles. The SMILES string of the molecule is C1CO1.OCCN(Cc1ccccc1)Cc1ccccc1.SC(c1ccccc1)(c1ccccc1)c1ccccc1.c1ccc(CN(CCOCCOCCSC(c2ccccc2)(c2ccccc2)c2ccccc2)Cc2ccccc2)cc1. The van der Waals surface area contributed by atoms with E-state index in [1.165, 1.54) is 55.6 Å². The van der Waals surface area contributed by atoms with Gasteiger partial charge in [0.25, 0.3) is 0 Å². The second-order valence-electron chi connectivity index (χ2n) is 20.4. The molecule has 84 heavy (non-hydrogen) atoms. The van der Waals surface area contributed by atoms with E-state index in [4.69, 9.17) is 27.2 Å². The van der Waals surface area contributed by atoms with E-state index in [2.05, 4.69) is 288 Å². The summed E-state index contributed by atoms with van der Waals surface area (Å²) in [6, 6.07) is 106. The Kier molecular flexibility index (Phi) is 26.7. The lowest BCUT2D eigenvalue weighted by atomic mass is 9.84. The third-order valence-corrected chi connectivity index (χ3v) is 16.5. The van der Waals surface area contributed by atoms with Gasteiger partial charge in [0.05, 0.1) is 55.7 Å². The van der Waals surface area contributed by atoms with Crippen molar-refractivity contribution >= 4 is 24.4 Å². The highest BCUT2D eigenvalue weighted by molar-refractivity contribution is 8.00. The third-order valence-electron chi connectivity index (χ3n) is 14.2. The number of rotatable bonds is 26. The molecule has 0 aromatic heterocycles. The van der Waals surface area contributed by atoms with E-state index >= 15 is 0 Å². The molecule has 10 aromatic carbocycles. The number of thiol groups is 1. The van der Waals surface area contributed by atoms with Gasteiger partial charge in [0.2, 0.25) is 0 Å². The summed E-state index contributed by atoms with van der Waals surface area (Å²) in [6.07, 6.45) is 0. The van der Waals surface area contributed by atoms with E-state index in [9.17, 15) is 0 Å². The minimum atomic E-state index is -0.427. The average molecular weight is 1150 g/mol. The van der Waals surface area contributed by atoms with Crippen molar-refractivity contribution in [2.75, 3.05) is 65.1 Å². The maximum Gasteiger partial charge on any atom is 0.0907 e. The zero-order chi connectivity index (χ0) is 58.0. The molecule has 0 amide bonds. The molecule has 11 rings (SSSR count). The van der Waals surface area contributed by atoms with Crippen LogP contribution in [0.2, 0.25) is 0 Å². The van der Waals surface area contributed by atoms with Gasteiger partial charge in [-0.15, -0.1) is 11.8 Å². The lowest BCUT2D eigenvalue weighted by Crippen LogP contribution is -2.27. The average Bonchev–Trinajstić information content (AvgIpc) is 4.29. The van der Waals surface area contributed by atoms with Gasteiger partial charge < -0.3 is 19.3 Å². The van der Waals surface area contributed by atoms with Gasteiger partial charge in [-0.3, -0.25) is 9.80 Å². The molecule has 1 fully saturated rings. The highest BCUT2D eigenvalue weighted by Crippen LogP contribution is 2.48.